The summed E-state index contributed by atoms with van der Waals surface area (Å²) in [5.74, 6) is -0.624. The van der Waals surface area contributed by atoms with E-state index in [1.54, 1.807) is 49.6 Å². The summed E-state index contributed by atoms with van der Waals surface area (Å²) in [6.45, 7) is 0.829. The number of sulfone groups is 1. The molecule has 36 heavy (non-hydrogen) atoms. The minimum atomic E-state index is -3.52. The molecule has 0 unspecified atom stereocenters. The highest BCUT2D eigenvalue weighted by molar-refractivity contribution is 7.90. The van der Waals surface area contributed by atoms with Crippen molar-refractivity contribution in [2.75, 3.05) is 7.11 Å². The lowest BCUT2D eigenvalue weighted by atomic mass is 10.0. The Morgan fingerprint density at radius 2 is 1.67 bits per heavy atom. The molecule has 0 bridgehead atoms. The molecule has 0 saturated heterocycles. The first-order valence-corrected chi connectivity index (χ1v) is 13.1. The zero-order valence-electron chi connectivity index (χ0n) is 19.8. The number of carbonyl (C=O) groups excluding carboxylic acids is 1. The molecule has 4 aromatic carbocycles. The van der Waals surface area contributed by atoms with Crippen LogP contribution in [-0.4, -0.2) is 26.0 Å². The molecule has 1 heterocycles. The van der Waals surface area contributed by atoms with Crippen molar-refractivity contribution in [2.24, 2.45) is 5.73 Å². The summed E-state index contributed by atoms with van der Waals surface area (Å²) in [5.41, 5.74) is 10.4. The zero-order valence-corrected chi connectivity index (χ0v) is 20.6. The monoisotopic (exact) mass is 497 g/mol. The first-order valence-electron chi connectivity index (χ1n) is 11.5. The third-order valence-corrected chi connectivity index (χ3v) is 8.01. The van der Waals surface area contributed by atoms with Gasteiger partial charge in [-0.25, -0.2) is 8.42 Å². The number of carbonyl (C=O) groups is 1. The fraction of sp³-hybridized carbons (Fsp3) is 0.138. The topological polar surface area (TPSA) is 91.4 Å². The van der Waals surface area contributed by atoms with Crippen LogP contribution in [0.15, 0.2) is 89.8 Å². The number of benzene rings is 4. The number of methoxy groups -OCH3 is 1. The Hall–Kier alpha value is -3.94. The highest BCUT2D eigenvalue weighted by Gasteiger charge is 2.20. The van der Waals surface area contributed by atoms with Crippen molar-refractivity contribution >= 4 is 37.6 Å². The quantitative estimate of drug-likeness (QED) is 0.331. The highest BCUT2D eigenvalue weighted by atomic mass is 32.2. The minimum Gasteiger partial charge on any atom is -0.380 e. The largest absolute Gasteiger partial charge is 0.380 e. The second-order valence-corrected chi connectivity index (χ2v) is 10.7. The van der Waals surface area contributed by atoms with Gasteiger partial charge >= 0.3 is 0 Å². The maximum absolute atomic E-state index is 13.1. The molecule has 1 amide bonds. The Balaban J connectivity index is 1.66. The fourth-order valence-corrected chi connectivity index (χ4v) is 6.09. The molecule has 0 saturated carbocycles. The SMILES string of the molecule is COCc1c[c]c2c3c(C(N)=O)cccc3n(Cc3ccccc3CS(=O)(=O)c3ccccc3)c2c1. The van der Waals surface area contributed by atoms with Crippen LogP contribution in [0, 0.1) is 6.07 Å². The third-order valence-electron chi connectivity index (χ3n) is 6.33. The Kier molecular flexibility index (Phi) is 6.35. The number of hydrogen-bond acceptors (Lipinski definition) is 4. The van der Waals surface area contributed by atoms with Gasteiger partial charge in [-0.3, -0.25) is 4.79 Å². The summed E-state index contributed by atoms with van der Waals surface area (Å²) < 4.78 is 33.7. The molecule has 6 nitrogen and oxygen atoms in total. The zero-order chi connectivity index (χ0) is 25.3. The van der Waals surface area contributed by atoms with Crippen molar-refractivity contribution in [1.82, 2.24) is 4.57 Å². The van der Waals surface area contributed by atoms with E-state index in [9.17, 15) is 13.2 Å². The van der Waals surface area contributed by atoms with Crippen LogP contribution in [0.3, 0.4) is 0 Å². The van der Waals surface area contributed by atoms with Gasteiger partial charge in [0.1, 0.15) is 0 Å². The van der Waals surface area contributed by atoms with E-state index in [0.29, 0.717) is 23.6 Å². The molecule has 5 rings (SSSR count). The number of rotatable bonds is 8. The van der Waals surface area contributed by atoms with Gasteiger partial charge in [0.05, 0.1) is 28.3 Å². The number of ether oxygens (including phenoxy) is 1. The minimum absolute atomic E-state index is 0.113. The second-order valence-electron chi connectivity index (χ2n) is 8.69. The average Bonchev–Trinajstić information content (AvgIpc) is 3.18. The van der Waals surface area contributed by atoms with E-state index >= 15 is 0 Å². The van der Waals surface area contributed by atoms with Gasteiger partial charge in [0, 0.05) is 30.0 Å². The van der Waals surface area contributed by atoms with Crippen molar-refractivity contribution in [3.05, 3.63) is 113 Å². The standard InChI is InChI=1S/C29H25N2O4S/c1-35-18-20-14-15-24-27(16-20)31(26-13-7-12-25(28(24)26)29(30)32)17-21-8-5-6-9-22(21)19-36(33,34)23-10-3-2-4-11-23/h2-14,16H,17-19H2,1H3,(H2,30,32). The van der Waals surface area contributed by atoms with Crippen LogP contribution >= 0.6 is 0 Å². The Labute approximate surface area is 209 Å². The summed E-state index contributed by atoms with van der Waals surface area (Å²) in [6, 6.07) is 28.7. The number of fused-ring (bicyclic) bond motifs is 3. The van der Waals surface area contributed by atoms with Gasteiger partial charge < -0.3 is 15.0 Å². The van der Waals surface area contributed by atoms with Crippen molar-refractivity contribution in [1.29, 1.82) is 0 Å². The van der Waals surface area contributed by atoms with Gasteiger partial charge in [-0.2, -0.15) is 0 Å². The van der Waals surface area contributed by atoms with Gasteiger partial charge in [0.2, 0.25) is 5.91 Å². The molecule has 181 valence electrons. The number of primary amides is 1. The van der Waals surface area contributed by atoms with Crippen LogP contribution in [-0.2, 0) is 33.5 Å². The molecule has 1 radical (unpaired) electrons. The first-order chi connectivity index (χ1) is 17.4. The number of nitrogens with zero attached hydrogens (tertiary/aromatic N) is 1. The van der Waals surface area contributed by atoms with E-state index in [1.807, 2.05) is 42.5 Å². The van der Waals surface area contributed by atoms with Crippen LogP contribution in [0.25, 0.3) is 21.8 Å². The highest BCUT2D eigenvalue weighted by Crippen LogP contribution is 2.33. The van der Waals surface area contributed by atoms with Crippen molar-refractivity contribution in [2.45, 2.75) is 23.8 Å². The van der Waals surface area contributed by atoms with Crippen LogP contribution in [0.2, 0.25) is 0 Å². The van der Waals surface area contributed by atoms with E-state index in [1.165, 1.54) is 0 Å². The van der Waals surface area contributed by atoms with E-state index in [0.717, 1.165) is 38.5 Å². The molecular formula is C29H25N2O4S. The molecule has 5 aromatic rings. The maximum atomic E-state index is 13.1. The first kappa shape index (κ1) is 23.8. The third kappa shape index (κ3) is 4.39. The van der Waals surface area contributed by atoms with Crippen LogP contribution in [0.1, 0.15) is 27.0 Å². The molecule has 0 aliphatic heterocycles. The molecule has 0 aliphatic rings. The summed E-state index contributed by atoms with van der Waals surface area (Å²) in [5, 5.41) is 1.52. The number of hydrogen-bond donors (Lipinski definition) is 1. The molecule has 0 atom stereocenters. The Morgan fingerprint density at radius 1 is 0.944 bits per heavy atom. The lowest BCUT2D eigenvalue weighted by Crippen LogP contribution is -2.11. The molecule has 0 aliphatic carbocycles. The van der Waals surface area contributed by atoms with Crippen LogP contribution < -0.4 is 5.73 Å². The predicted molar refractivity (Wildman–Crippen MR) is 140 cm³/mol. The lowest BCUT2D eigenvalue weighted by molar-refractivity contribution is 0.100. The number of amides is 1. The maximum Gasteiger partial charge on any atom is 0.249 e. The molecule has 1 aromatic heterocycles. The molecule has 0 spiro atoms. The van der Waals surface area contributed by atoms with Crippen LogP contribution in [0.4, 0.5) is 0 Å². The fourth-order valence-electron chi connectivity index (χ4n) is 4.66. The molecule has 0 fully saturated rings. The smallest absolute Gasteiger partial charge is 0.249 e. The summed E-state index contributed by atoms with van der Waals surface area (Å²) >= 11 is 0. The van der Waals surface area contributed by atoms with E-state index in [2.05, 4.69) is 10.6 Å². The van der Waals surface area contributed by atoms with Gasteiger partial charge in [-0.05, 0) is 59.2 Å². The predicted octanol–water partition coefficient (Wildman–Crippen LogP) is 4.86. The van der Waals surface area contributed by atoms with Crippen molar-refractivity contribution < 1.29 is 17.9 Å². The summed E-state index contributed by atoms with van der Waals surface area (Å²) in [7, 11) is -1.89. The Morgan fingerprint density at radius 3 is 2.39 bits per heavy atom. The lowest BCUT2D eigenvalue weighted by Gasteiger charge is -2.14. The van der Waals surface area contributed by atoms with Gasteiger partial charge in [0.15, 0.2) is 9.84 Å². The molecule has 7 heteroatoms. The van der Waals surface area contributed by atoms with Crippen LogP contribution in [0.5, 0.6) is 0 Å². The normalized spacial score (nSPS) is 11.8. The number of nitrogens with two attached hydrogens (primary N) is 1. The summed E-state index contributed by atoms with van der Waals surface area (Å²) in [4.78, 5) is 12.5. The van der Waals surface area contributed by atoms with E-state index in [4.69, 9.17) is 10.5 Å². The van der Waals surface area contributed by atoms with Crippen molar-refractivity contribution in [3.63, 3.8) is 0 Å². The van der Waals surface area contributed by atoms with E-state index < -0.39 is 15.7 Å². The van der Waals surface area contributed by atoms with Gasteiger partial charge in [0.25, 0.3) is 0 Å². The van der Waals surface area contributed by atoms with Gasteiger partial charge in [-0.15, -0.1) is 0 Å². The average molecular weight is 498 g/mol. The van der Waals surface area contributed by atoms with Crippen molar-refractivity contribution in [3.8, 4) is 0 Å². The van der Waals surface area contributed by atoms with E-state index in [-0.39, 0.29) is 5.75 Å². The Bertz CT molecular complexity index is 1690. The molecule has 2 N–H and O–H groups in total. The van der Waals surface area contributed by atoms with Gasteiger partial charge in [-0.1, -0.05) is 48.5 Å². The molecular weight excluding hydrogens is 472 g/mol. The summed E-state index contributed by atoms with van der Waals surface area (Å²) in [6.07, 6.45) is 0. The second kappa shape index (κ2) is 9.60. The number of aromatic nitrogens is 1.